The maximum Gasteiger partial charge on any atom is 0.213 e. The average molecular weight is 411 g/mol. The number of fused-ring (bicyclic) bond motifs is 1. The molecule has 29 heavy (non-hydrogen) atoms. The zero-order valence-electron chi connectivity index (χ0n) is 16.8. The number of pyridine rings is 2. The van der Waals surface area contributed by atoms with Gasteiger partial charge in [0.05, 0.1) is 18.1 Å². The molecule has 1 aromatic carbocycles. The number of nitrogens with zero attached hydrogens (tertiary/aromatic N) is 3. The SMILES string of the molecule is COc1ccc2nccc(CCN3CCC(NCc4ccc(Cl)cc4)CC3)c2n1. The number of ether oxygens (including phenoxy) is 1. The predicted octanol–water partition coefficient (Wildman–Crippen LogP) is 4.09. The number of nitrogens with one attached hydrogen (secondary N) is 1. The molecule has 0 amide bonds. The first-order valence-corrected chi connectivity index (χ1v) is 10.6. The van der Waals surface area contributed by atoms with Crippen molar-refractivity contribution in [3.05, 3.63) is 64.8 Å². The normalized spacial score (nSPS) is 15.7. The molecule has 3 aromatic rings. The van der Waals surface area contributed by atoms with Crippen LogP contribution in [0.2, 0.25) is 5.02 Å². The lowest BCUT2D eigenvalue weighted by Gasteiger charge is -2.32. The molecule has 5 nitrogen and oxygen atoms in total. The summed E-state index contributed by atoms with van der Waals surface area (Å²) in [6, 6.07) is 14.6. The van der Waals surface area contributed by atoms with E-state index in [0.29, 0.717) is 11.9 Å². The number of likely N-dealkylation sites (tertiary alicyclic amines) is 1. The van der Waals surface area contributed by atoms with Crippen molar-refractivity contribution < 1.29 is 4.74 Å². The minimum Gasteiger partial charge on any atom is -0.481 e. The number of hydrogen-bond acceptors (Lipinski definition) is 5. The van der Waals surface area contributed by atoms with Crippen LogP contribution in [0.1, 0.15) is 24.0 Å². The molecule has 6 heteroatoms. The van der Waals surface area contributed by atoms with Crippen LogP contribution in [0.5, 0.6) is 5.88 Å². The largest absolute Gasteiger partial charge is 0.481 e. The Hall–Kier alpha value is -2.21. The molecule has 0 atom stereocenters. The molecule has 1 saturated heterocycles. The summed E-state index contributed by atoms with van der Waals surface area (Å²) in [5.41, 5.74) is 4.39. The van der Waals surface area contributed by atoms with Gasteiger partial charge in [0.15, 0.2) is 0 Å². The lowest BCUT2D eigenvalue weighted by molar-refractivity contribution is 0.199. The van der Waals surface area contributed by atoms with E-state index in [9.17, 15) is 0 Å². The van der Waals surface area contributed by atoms with Gasteiger partial charge in [-0.3, -0.25) is 4.98 Å². The van der Waals surface area contributed by atoms with Crippen LogP contribution in [0.25, 0.3) is 11.0 Å². The first kappa shape index (κ1) is 20.1. The second-order valence-electron chi connectivity index (χ2n) is 7.56. The van der Waals surface area contributed by atoms with E-state index in [1.807, 2.05) is 30.5 Å². The van der Waals surface area contributed by atoms with Crippen molar-refractivity contribution in [1.29, 1.82) is 0 Å². The molecule has 1 aliphatic heterocycles. The molecule has 0 aliphatic carbocycles. The third-order valence-electron chi connectivity index (χ3n) is 5.64. The molecule has 2 aromatic heterocycles. The van der Waals surface area contributed by atoms with E-state index in [-0.39, 0.29) is 0 Å². The molecule has 0 spiro atoms. The highest BCUT2D eigenvalue weighted by Crippen LogP contribution is 2.20. The van der Waals surface area contributed by atoms with Crippen LogP contribution in [-0.2, 0) is 13.0 Å². The van der Waals surface area contributed by atoms with E-state index in [1.165, 1.54) is 24.0 Å². The van der Waals surface area contributed by atoms with Crippen LogP contribution in [0.3, 0.4) is 0 Å². The molecule has 4 rings (SSSR count). The fraction of sp³-hybridized carbons (Fsp3) is 0.391. The lowest BCUT2D eigenvalue weighted by Crippen LogP contribution is -2.42. The highest BCUT2D eigenvalue weighted by Gasteiger charge is 2.19. The quantitative estimate of drug-likeness (QED) is 0.635. The van der Waals surface area contributed by atoms with Crippen molar-refractivity contribution in [2.24, 2.45) is 0 Å². The number of methoxy groups -OCH3 is 1. The first-order chi connectivity index (χ1) is 14.2. The zero-order chi connectivity index (χ0) is 20.1. The van der Waals surface area contributed by atoms with E-state index >= 15 is 0 Å². The van der Waals surface area contributed by atoms with Crippen molar-refractivity contribution in [2.75, 3.05) is 26.7 Å². The van der Waals surface area contributed by atoms with Gasteiger partial charge in [-0.2, -0.15) is 0 Å². The van der Waals surface area contributed by atoms with Gasteiger partial charge in [0.25, 0.3) is 0 Å². The van der Waals surface area contributed by atoms with Crippen molar-refractivity contribution in [3.63, 3.8) is 0 Å². The molecule has 0 saturated carbocycles. The van der Waals surface area contributed by atoms with Crippen LogP contribution in [-0.4, -0.2) is 47.7 Å². The Kier molecular flexibility index (Phi) is 6.60. The third-order valence-corrected chi connectivity index (χ3v) is 5.90. The summed E-state index contributed by atoms with van der Waals surface area (Å²) in [6.45, 7) is 4.19. The van der Waals surface area contributed by atoms with Gasteiger partial charge in [-0.25, -0.2) is 4.98 Å². The first-order valence-electron chi connectivity index (χ1n) is 10.2. The molecule has 1 aliphatic rings. The smallest absolute Gasteiger partial charge is 0.213 e. The molecule has 0 unspecified atom stereocenters. The number of aromatic nitrogens is 2. The Morgan fingerprint density at radius 2 is 1.90 bits per heavy atom. The van der Waals surface area contributed by atoms with Gasteiger partial charge in [0, 0.05) is 36.4 Å². The van der Waals surface area contributed by atoms with Crippen LogP contribution in [0, 0.1) is 0 Å². The summed E-state index contributed by atoms with van der Waals surface area (Å²) in [7, 11) is 1.65. The van der Waals surface area contributed by atoms with Gasteiger partial charge in [-0.05, 0) is 67.7 Å². The molecular weight excluding hydrogens is 384 g/mol. The topological polar surface area (TPSA) is 50.3 Å². The van der Waals surface area contributed by atoms with Crippen molar-refractivity contribution in [2.45, 2.75) is 31.8 Å². The lowest BCUT2D eigenvalue weighted by atomic mass is 10.0. The Morgan fingerprint density at radius 1 is 1.10 bits per heavy atom. The number of piperidine rings is 1. The molecule has 0 radical (unpaired) electrons. The Labute approximate surface area is 177 Å². The van der Waals surface area contributed by atoms with Gasteiger partial charge < -0.3 is 15.0 Å². The van der Waals surface area contributed by atoms with Gasteiger partial charge >= 0.3 is 0 Å². The predicted molar refractivity (Wildman–Crippen MR) is 118 cm³/mol. The fourth-order valence-electron chi connectivity index (χ4n) is 3.88. The van der Waals surface area contributed by atoms with Crippen LogP contribution >= 0.6 is 11.6 Å². The van der Waals surface area contributed by atoms with E-state index in [2.05, 4.69) is 38.4 Å². The highest BCUT2D eigenvalue weighted by molar-refractivity contribution is 6.30. The van der Waals surface area contributed by atoms with Crippen molar-refractivity contribution in [3.8, 4) is 5.88 Å². The van der Waals surface area contributed by atoms with Gasteiger partial charge in [0.1, 0.15) is 0 Å². The third kappa shape index (κ3) is 5.24. The number of halogens is 1. The van der Waals surface area contributed by atoms with Crippen molar-refractivity contribution >= 4 is 22.6 Å². The molecule has 3 heterocycles. The monoisotopic (exact) mass is 410 g/mol. The molecule has 0 bridgehead atoms. The van der Waals surface area contributed by atoms with Gasteiger partial charge in [0.2, 0.25) is 5.88 Å². The second-order valence-corrected chi connectivity index (χ2v) is 8.00. The summed E-state index contributed by atoms with van der Waals surface area (Å²) in [5.74, 6) is 0.638. The molecular formula is C23H27ClN4O. The summed E-state index contributed by atoms with van der Waals surface area (Å²) < 4.78 is 5.28. The minimum absolute atomic E-state index is 0.578. The molecule has 1 fully saturated rings. The van der Waals surface area contributed by atoms with Crippen molar-refractivity contribution in [1.82, 2.24) is 20.2 Å². The summed E-state index contributed by atoms with van der Waals surface area (Å²) >= 11 is 5.96. The summed E-state index contributed by atoms with van der Waals surface area (Å²) in [6.07, 6.45) is 5.20. The molecule has 1 N–H and O–H groups in total. The Morgan fingerprint density at radius 3 is 2.66 bits per heavy atom. The zero-order valence-corrected chi connectivity index (χ0v) is 17.5. The van der Waals surface area contributed by atoms with Gasteiger partial charge in [-0.15, -0.1) is 0 Å². The van der Waals surface area contributed by atoms with Crippen LogP contribution in [0.15, 0.2) is 48.7 Å². The Balaban J connectivity index is 1.27. The van der Waals surface area contributed by atoms with Crippen LogP contribution < -0.4 is 10.1 Å². The van der Waals surface area contributed by atoms with E-state index in [4.69, 9.17) is 16.3 Å². The Bertz CT molecular complexity index is 939. The summed E-state index contributed by atoms with van der Waals surface area (Å²) in [4.78, 5) is 11.6. The maximum atomic E-state index is 5.96. The minimum atomic E-state index is 0.578. The van der Waals surface area contributed by atoms with E-state index < -0.39 is 0 Å². The van der Waals surface area contributed by atoms with E-state index in [0.717, 1.165) is 48.7 Å². The van der Waals surface area contributed by atoms with E-state index in [1.54, 1.807) is 7.11 Å². The number of benzene rings is 1. The number of hydrogen-bond donors (Lipinski definition) is 1. The second kappa shape index (κ2) is 9.53. The highest BCUT2D eigenvalue weighted by atomic mass is 35.5. The van der Waals surface area contributed by atoms with Crippen LogP contribution in [0.4, 0.5) is 0 Å². The number of rotatable bonds is 7. The van der Waals surface area contributed by atoms with Gasteiger partial charge in [-0.1, -0.05) is 23.7 Å². The summed E-state index contributed by atoms with van der Waals surface area (Å²) in [5, 5.41) is 4.48. The molecule has 152 valence electrons. The maximum absolute atomic E-state index is 5.96. The average Bonchev–Trinajstić information content (AvgIpc) is 2.77. The standard InChI is InChI=1S/C23H27ClN4O/c1-29-22-7-6-21-23(27-22)18(8-12-25-21)9-13-28-14-10-20(11-15-28)26-16-17-2-4-19(24)5-3-17/h2-8,12,20,26H,9-11,13-16H2,1H3. The fourth-order valence-corrected chi connectivity index (χ4v) is 4.01.